The molecule has 1 fully saturated rings. The summed E-state index contributed by atoms with van der Waals surface area (Å²) in [5.41, 5.74) is 0. The Morgan fingerprint density at radius 3 is 3.30 bits per heavy atom. The predicted octanol–water partition coefficient (Wildman–Crippen LogP) is 1.02. The number of carbonyl (C=O) groups excluding carboxylic acids is 1. The van der Waals surface area contributed by atoms with Gasteiger partial charge in [-0.3, -0.25) is 0 Å². The standard InChI is InChI=1S/C5H9O2S.CH3.Sn.H/c1-2-7-5(6)3-4-8;;;/h8H,1-4H2;1H3;;/q;;+1;/p-1. The molecule has 1 unspecified atom stereocenters. The van der Waals surface area contributed by atoms with Gasteiger partial charge in [-0.2, -0.15) is 0 Å². The molecule has 1 atom stereocenters. The van der Waals surface area contributed by atoms with Gasteiger partial charge in [0.05, 0.1) is 0 Å². The van der Waals surface area contributed by atoms with Crippen LogP contribution in [-0.4, -0.2) is 36.7 Å². The van der Waals surface area contributed by atoms with E-state index in [4.69, 9.17) is 4.74 Å². The van der Waals surface area contributed by atoms with Crippen molar-refractivity contribution in [3.63, 3.8) is 0 Å². The second-order valence-corrected chi connectivity index (χ2v) is 17.7. The summed E-state index contributed by atoms with van der Waals surface area (Å²) >= 11 is -1.17. The predicted molar refractivity (Wildman–Crippen MR) is 45.9 cm³/mol. The van der Waals surface area contributed by atoms with Crippen LogP contribution in [0.5, 0.6) is 0 Å². The van der Waals surface area contributed by atoms with Gasteiger partial charge in [0.2, 0.25) is 0 Å². The van der Waals surface area contributed by atoms with Gasteiger partial charge < -0.3 is 0 Å². The van der Waals surface area contributed by atoms with Crippen LogP contribution in [0, 0.1) is 0 Å². The summed E-state index contributed by atoms with van der Waals surface area (Å²) in [4.78, 5) is 13.1. The Morgan fingerprint density at radius 1 is 1.70 bits per heavy atom. The van der Waals surface area contributed by atoms with Crippen LogP contribution in [0.4, 0.5) is 0 Å². The summed E-state index contributed by atoms with van der Waals surface area (Å²) in [7, 11) is 2.07. The van der Waals surface area contributed by atoms with E-state index in [0.717, 1.165) is 5.75 Å². The van der Waals surface area contributed by atoms with Crippen LogP contribution < -0.4 is 0 Å². The second-order valence-electron chi connectivity index (χ2n) is 2.44. The topological polar surface area (TPSA) is 26.3 Å². The van der Waals surface area contributed by atoms with Crippen molar-refractivity contribution in [3.05, 3.63) is 0 Å². The zero-order valence-corrected chi connectivity index (χ0v) is 10.2. The van der Waals surface area contributed by atoms with Crippen molar-refractivity contribution in [1.29, 1.82) is 0 Å². The van der Waals surface area contributed by atoms with Gasteiger partial charge in [-0.1, -0.05) is 0 Å². The van der Waals surface area contributed by atoms with E-state index >= 15 is 0 Å². The summed E-state index contributed by atoms with van der Waals surface area (Å²) < 4.78 is 6.16. The van der Waals surface area contributed by atoms with Gasteiger partial charge in [0.15, 0.2) is 0 Å². The van der Waals surface area contributed by atoms with E-state index in [2.05, 4.69) is 13.9 Å². The minimum absolute atomic E-state index is 0.00862. The van der Waals surface area contributed by atoms with E-state index in [9.17, 15) is 4.79 Å². The molecule has 1 aliphatic heterocycles. The first-order valence-electron chi connectivity index (χ1n) is 3.56. The molecule has 0 amide bonds. The third kappa shape index (κ3) is 3.14. The Labute approximate surface area is 70.9 Å². The van der Waals surface area contributed by atoms with Gasteiger partial charge in [-0.15, -0.1) is 0 Å². The molecule has 58 valence electrons. The number of carbonyl (C=O) groups is 1. The van der Waals surface area contributed by atoms with Gasteiger partial charge >= 0.3 is 71.0 Å². The maximum absolute atomic E-state index is 10.7. The molecular weight excluding hydrogens is 255 g/mol. The van der Waals surface area contributed by atoms with Gasteiger partial charge in [-0.25, -0.2) is 0 Å². The average Bonchev–Trinajstić information content (AvgIpc) is 1.84. The summed E-state index contributed by atoms with van der Waals surface area (Å²) in [6.07, 6.45) is 0.631. The molecule has 1 heterocycles. The van der Waals surface area contributed by atoms with E-state index in [1.54, 1.807) is 0 Å². The Hall–Kier alpha value is 0.619. The summed E-state index contributed by atoms with van der Waals surface area (Å²) in [6, 6.07) is 0. The van der Waals surface area contributed by atoms with Crippen molar-refractivity contribution >= 4 is 33.3 Å². The van der Waals surface area contributed by atoms with Gasteiger partial charge in [0.25, 0.3) is 0 Å². The summed E-state index contributed by atoms with van der Waals surface area (Å²) in [6.45, 7) is 0.697. The van der Waals surface area contributed by atoms with Gasteiger partial charge in [-0.05, 0) is 0 Å². The molecule has 0 N–H and O–H groups in total. The fraction of sp³-hybridized carbons (Fsp3) is 0.833. The molecule has 1 rings (SSSR count). The van der Waals surface area contributed by atoms with Gasteiger partial charge in [0.1, 0.15) is 0 Å². The van der Waals surface area contributed by atoms with Crippen molar-refractivity contribution < 1.29 is 9.53 Å². The van der Waals surface area contributed by atoms with E-state index in [0.29, 0.717) is 13.0 Å². The Kier molecular flexibility index (Phi) is 3.91. The SMILES string of the molecule is [CH3][SnH]1[CH2]COC(=O)CC[S]1. The van der Waals surface area contributed by atoms with Crippen molar-refractivity contribution in [2.45, 2.75) is 15.8 Å². The Morgan fingerprint density at radius 2 is 2.50 bits per heavy atom. The average molecular weight is 267 g/mol. The first kappa shape index (κ1) is 8.71. The van der Waals surface area contributed by atoms with Crippen LogP contribution in [0.2, 0.25) is 9.38 Å². The molecule has 10 heavy (non-hydrogen) atoms. The molecule has 4 heteroatoms. The minimum atomic E-state index is -1.17. The fourth-order valence-electron chi connectivity index (χ4n) is 0.838. The summed E-state index contributed by atoms with van der Waals surface area (Å²) in [5, 5.41) is 0. The van der Waals surface area contributed by atoms with Crippen LogP contribution in [0.3, 0.4) is 0 Å². The van der Waals surface area contributed by atoms with Gasteiger partial charge in [0, 0.05) is 0 Å². The quantitative estimate of drug-likeness (QED) is 0.484. The number of hydrogen-bond donors (Lipinski definition) is 0. The molecule has 0 saturated carbocycles. The van der Waals surface area contributed by atoms with E-state index in [1.165, 1.54) is 4.44 Å². The fourth-order valence-corrected chi connectivity index (χ4v) is 9.50. The third-order valence-corrected chi connectivity index (χ3v) is 14.0. The van der Waals surface area contributed by atoms with Crippen molar-refractivity contribution in [2.24, 2.45) is 0 Å². The third-order valence-electron chi connectivity index (χ3n) is 1.50. The molecule has 2 nitrogen and oxygen atoms in total. The Bertz CT molecular complexity index is 117. The first-order valence-corrected chi connectivity index (χ1v) is 14.3. The number of cyclic esters (lactones) is 1. The van der Waals surface area contributed by atoms with Crippen LogP contribution in [0.25, 0.3) is 0 Å². The zero-order chi connectivity index (χ0) is 7.40. The van der Waals surface area contributed by atoms with E-state index < -0.39 is 18.4 Å². The maximum atomic E-state index is 10.7. The Balaban J connectivity index is 2.27. The number of ether oxygens (including phenoxy) is 1. The van der Waals surface area contributed by atoms with Crippen molar-refractivity contribution in [1.82, 2.24) is 0 Å². The summed E-state index contributed by atoms with van der Waals surface area (Å²) in [5.74, 6) is 1.00. The zero-order valence-electron chi connectivity index (χ0n) is 6.13. The van der Waals surface area contributed by atoms with Crippen molar-refractivity contribution in [2.75, 3.05) is 12.4 Å². The molecule has 1 aliphatic rings. The number of esters is 1. The van der Waals surface area contributed by atoms with Crippen LogP contribution in [0.1, 0.15) is 6.42 Å². The molecule has 0 aromatic carbocycles. The molecule has 0 aromatic heterocycles. The number of hydrogen-bond acceptors (Lipinski definition) is 3. The molecule has 0 aliphatic carbocycles. The molecule has 0 aromatic rings. The molecule has 0 bridgehead atoms. The molecule has 0 radical (unpaired) electrons. The molecular formula is C6H12O2SSn. The van der Waals surface area contributed by atoms with E-state index in [1.807, 2.05) is 0 Å². The second kappa shape index (κ2) is 4.49. The monoisotopic (exact) mass is 268 g/mol. The van der Waals surface area contributed by atoms with Crippen LogP contribution in [0.15, 0.2) is 0 Å². The molecule has 1 saturated heterocycles. The van der Waals surface area contributed by atoms with E-state index in [-0.39, 0.29) is 5.97 Å². The van der Waals surface area contributed by atoms with Crippen LogP contribution in [-0.2, 0) is 9.53 Å². The van der Waals surface area contributed by atoms with Crippen molar-refractivity contribution in [3.8, 4) is 0 Å². The number of rotatable bonds is 0. The van der Waals surface area contributed by atoms with Crippen LogP contribution >= 0.6 is 8.95 Å². The normalized spacial score (nSPS) is 28.5. The first-order chi connectivity index (χ1) is 4.79. The molecule has 0 spiro atoms.